The zero-order valence-electron chi connectivity index (χ0n) is 12.2. The van der Waals surface area contributed by atoms with Crippen LogP contribution in [0.2, 0.25) is 0 Å². The number of hydrogen-bond donors (Lipinski definition) is 1. The molecule has 102 valence electrons. The molecule has 19 heavy (non-hydrogen) atoms. The van der Waals surface area contributed by atoms with Crippen molar-refractivity contribution in [2.24, 2.45) is 0 Å². The van der Waals surface area contributed by atoms with Gasteiger partial charge in [0.25, 0.3) is 0 Å². The Bertz CT molecular complexity index is 510. The minimum atomic E-state index is 0.317. The third-order valence-corrected chi connectivity index (χ3v) is 4.43. The highest BCUT2D eigenvalue weighted by atomic mass is 32.1. The van der Waals surface area contributed by atoms with Crippen LogP contribution in [0.1, 0.15) is 55.0 Å². The predicted molar refractivity (Wildman–Crippen MR) is 85.1 cm³/mol. The Labute approximate surface area is 120 Å². The number of thiophene rings is 1. The minimum absolute atomic E-state index is 0.317. The third-order valence-electron chi connectivity index (χ3n) is 3.55. The molecule has 1 nitrogen and oxygen atoms in total. The van der Waals surface area contributed by atoms with Crippen molar-refractivity contribution in [3.05, 3.63) is 57.3 Å². The summed E-state index contributed by atoms with van der Waals surface area (Å²) in [6.07, 6.45) is 0. The quantitative estimate of drug-likeness (QED) is 0.818. The second kappa shape index (κ2) is 6.36. The van der Waals surface area contributed by atoms with Gasteiger partial charge in [-0.1, -0.05) is 45.0 Å². The number of hydrogen-bond acceptors (Lipinski definition) is 2. The van der Waals surface area contributed by atoms with E-state index in [1.54, 1.807) is 11.3 Å². The first-order valence-electron chi connectivity index (χ1n) is 6.99. The maximum Gasteiger partial charge on any atom is 0.0587 e. The first-order valence-corrected chi connectivity index (χ1v) is 7.93. The highest BCUT2D eigenvalue weighted by Gasteiger charge is 2.15. The largest absolute Gasteiger partial charge is 0.306 e. The summed E-state index contributed by atoms with van der Waals surface area (Å²) in [5, 5.41) is 8.08. The number of nitrogens with one attached hydrogen (secondary N) is 1. The molecule has 0 aliphatic rings. The van der Waals surface area contributed by atoms with Gasteiger partial charge in [-0.3, -0.25) is 0 Å². The monoisotopic (exact) mass is 273 g/mol. The van der Waals surface area contributed by atoms with E-state index in [0.29, 0.717) is 12.0 Å². The van der Waals surface area contributed by atoms with Gasteiger partial charge in [-0.05, 0) is 52.4 Å². The number of benzene rings is 1. The summed E-state index contributed by atoms with van der Waals surface area (Å²) in [4.78, 5) is 0. The Morgan fingerprint density at radius 3 is 2.16 bits per heavy atom. The lowest BCUT2D eigenvalue weighted by Crippen LogP contribution is -2.22. The van der Waals surface area contributed by atoms with Gasteiger partial charge < -0.3 is 5.32 Å². The summed E-state index contributed by atoms with van der Waals surface area (Å²) in [6, 6.07) is 9.36. The maximum atomic E-state index is 3.60. The summed E-state index contributed by atoms with van der Waals surface area (Å²) in [6.45, 7) is 9.81. The average molecular weight is 273 g/mol. The lowest BCUT2D eigenvalue weighted by atomic mass is 9.95. The van der Waals surface area contributed by atoms with E-state index in [2.05, 4.69) is 68.0 Å². The van der Waals surface area contributed by atoms with E-state index < -0.39 is 0 Å². The van der Waals surface area contributed by atoms with Gasteiger partial charge >= 0.3 is 0 Å². The van der Waals surface area contributed by atoms with Gasteiger partial charge in [0.15, 0.2) is 0 Å². The van der Waals surface area contributed by atoms with Crippen molar-refractivity contribution in [3.8, 4) is 0 Å². The predicted octanol–water partition coefficient (Wildman–Crippen LogP) is 4.88. The Balaban J connectivity index is 2.31. The standard InChI is InChI=1S/C17H23NS/c1-5-18-17(16-11-19-10-13(16)4)15-8-6-14(7-9-15)12(2)3/h6-12,17-18H,5H2,1-4H3. The van der Waals surface area contributed by atoms with Gasteiger partial charge in [0, 0.05) is 0 Å². The molecule has 0 saturated carbocycles. The smallest absolute Gasteiger partial charge is 0.0587 e. The molecule has 1 N–H and O–H groups in total. The number of aryl methyl sites for hydroxylation is 1. The first-order chi connectivity index (χ1) is 9.13. The molecule has 0 bridgehead atoms. The highest BCUT2D eigenvalue weighted by Crippen LogP contribution is 2.28. The van der Waals surface area contributed by atoms with Gasteiger partial charge in [-0.2, -0.15) is 11.3 Å². The lowest BCUT2D eigenvalue weighted by Gasteiger charge is -2.19. The van der Waals surface area contributed by atoms with E-state index in [4.69, 9.17) is 0 Å². The van der Waals surface area contributed by atoms with E-state index in [0.717, 1.165) is 6.54 Å². The van der Waals surface area contributed by atoms with Crippen LogP contribution in [-0.4, -0.2) is 6.54 Å². The van der Waals surface area contributed by atoms with Crippen LogP contribution in [0, 0.1) is 6.92 Å². The van der Waals surface area contributed by atoms with Crippen molar-refractivity contribution >= 4 is 11.3 Å². The van der Waals surface area contributed by atoms with Crippen LogP contribution in [0.4, 0.5) is 0 Å². The molecule has 0 fully saturated rings. The molecule has 0 radical (unpaired) electrons. The SMILES string of the molecule is CCNC(c1ccc(C(C)C)cc1)c1cscc1C. The van der Waals surface area contributed by atoms with Crippen molar-refractivity contribution in [2.45, 2.75) is 39.7 Å². The molecule has 2 rings (SSSR count). The number of rotatable bonds is 5. The van der Waals surface area contributed by atoms with E-state index in [9.17, 15) is 0 Å². The molecule has 2 heteroatoms. The fourth-order valence-corrected chi connectivity index (χ4v) is 3.23. The molecular weight excluding hydrogens is 250 g/mol. The van der Waals surface area contributed by atoms with Crippen LogP contribution < -0.4 is 5.32 Å². The summed E-state index contributed by atoms with van der Waals surface area (Å²) in [7, 11) is 0. The average Bonchev–Trinajstić information content (AvgIpc) is 2.82. The van der Waals surface area contributed by atoms with E-state index in [1.165, 1.54) is 22.3 Å². The molecular formula is C17H23NS. The second-order valence-corrected chi connectivity index (χ2v) is 6.07. The Morgan fingerprint density at radius 2 is 1.68 bits per heavy atom. The van der Waals surface area contributed by atoms with Gasteiger partial charge in [0.05, 0.1) is 6.04 Å². The molecule has 0 aliphatic heterocycles. The van der Waals surface area contributed by atoms with E-state index in [-0.39, 0.29) is 0 Å². The van der Waals surface area contributed by atoms with Crippen molar-refractivity contribution < 1.29 is 0 Å². The molecule has 0 spiro atoms. The Kier molecular flexibility index (Phi) is 4.78. The van der Waals surface area contributed by atoms with Crippen LogP contribution in [0.3, 0.4) is 0 Å². The van der Waals surface area contributed by atoms with Gasteiger partial charge in [0.2, 0.25) is 0 Å². The Morgan fingerprint density at radius 1 is 1.05 bits per heavy atom. The fourth-order valence-electron chi connectivity index (χ4n) is 2.35. The molecule has 1 aromatic carbocycles. The van der Waals surface area contributed by atoms with Crippen molar-refractivity contribution in [1.29, 1.82) is 0 Å². The zero-order chi connectivity index (χ0) is 13.8. The molecule has 1 aromatic heterocycles. The normalized spacial score (nSPS) is 12.9. The fraction of sp³-hybridized carbons (Fsp3) is 0.412. The van der Waals surface area contributed by atoms with Crippen LogP contribution in [-0.2, 0) is 0 Å². The minimum Gasteiger partial charge on any atom is -0.306 e. The van der Waals surface area contributed by atoms with Crippen LogP contribution in [0.15, 0.2) is 35.0 Å². The molecule has 0 amide bonds. The Hall–Kier alpha value is -1.12. The van der Waals surface area contributed by atoms with Crippen molar-refractivity contribution in [2.75, 3.05) is 6.54 Å². The van der Waals surface area contributed by atoms with Gasteiger partial charge in [-0.15, -0.1) is 0 Å². The summed E-state index contributed by atoms with van der Waals surface area (Å²) < 4.78 is 0. The molecule has 2 aromatic rings. The van der Waals surface area contributed by atoms with E-state index >= 15 is 0 Å². The highest BCUT2D eigenvalue weighted by molar-refractivity contribution is 7.08. The van der Waals surface area contributed by atoms with Crippen molar-refractivity contribution in [1.82, 2.24) is 5.32 Å². The lowest BCUT2D eigenvalue weighted by molar-refractivity contribution is 0.629. The molecule has 1 unspecified atom stereocenters. The summed E-state index contributed by atoms with van der Waals surface area (Å²) >= 11 is 1.78. The van der Waals surface area contributed by atoms with Gasteiger partial charge in [-0.25, -0.2) is 0 Å². The zero-order valence-corrected chi connectivity index (χ0v) is 13.1. The van der Waals surface area contributed by atoms with Crippen LogP contribution in [0.5, 0.6) is 0 Å². The maximum absolute atomic E-state index is 3.60. The molecule has 1 atom stereocenters. The summed E-state index contributed by atoms with van der Waals surface area (Å²) in [5.41, 5.74) is 5.54. The molecule has 1 heterocycles. The second-order valence-electron chi connectivity index (χ2n) is 5.32. The van der Waals surface area contributed by atoms with Gasteiger partial charge in [0.1, 0.15) is 0 Å². The third kappa shape index (κ3) is 3.26. The molecule has 0 aliphatic carbocycles. The topological polar surface area (TPSA) is 12.0 Å². The van der Waals surface area contributed by atoms with Crippen LogP contribution in [0.25, 0.3) is 0 Å². The first kappa shape index (κ1) is 14.3. The van der Waals surface area contributed by atoms with E-state index in [1.807, 2.05) is 0 Å². The summed E-state index contributed by atoms with van der Waals surface area (Å²) in [5.74, 6) is 0.592. The molecule has 0 saturated heterocycles. The van der Waals surface area contributed by atoms with Crippen LogP contribution >= 0.6 is 11.3 Å². The van der Waals surface area contributed by atoms with Crippen molar-refractivity contribution in [3.63, 3.8) is 0 Å².